The van der Waals surface area contributed by atoms with E-state index in [1.165, 1.54) is 5.56 Å². The molecule has 0 aliphatic rings. The number of aryl methyl sites for hydroxylation is 2. The van der Waals surface area contributed by atoms with Crippen LogP contribution in [-0.4, -0.2) is 29.5 Å². The monoisotopic (exact) mass is 360 g/mol. The maximum atomic E-state index is 12.5. The van der Waals surface area contributed by atoms with E-state index >= 15 is 0 Å². The molecule has 3 aromatic rings. The number of amides is 1. The van der Waals surface area contributed by atoms with Crippen LogP contribution in [0.15, 0.2) is 66.7 Å². The van der Waals surface area contributed by atoms with Gasteiger partial charge in [-0.1, -0.05) is 48.5 Å². The lowest BCUT2D eigenvalue weighted by Gasteiger charge is -2.19. The van der Waals surface area contributed by atoms with E-state index in [-0.39, 0.29) is 5.91 Å². The molecule has 1 heterocycles. The van der Waals surface area contributed by atoms with Crippen LogP contribution >= 0.6 is 0 Å². The zero-order valence-electron chi connectivity index (χ0n) is 15.7. The quantitative estimate of drug-likeness (QED) is 0.649. The predicted octanol–water partition coefficient (Wildman–Crippen LogP) is 3.92. The Morgan fingerprint density at radius 2 is 1.67 bits per heavy atom. The van der Waals surface area contributed by atoms with Crippen LogP contribution in [0.25, 0.3) is 0 Å². The lowest BCUT2D eigenvalue weighted by Crippen LogP contribution is -2.26. The maximum Gasteiger partial charge on any atom is 0.270 e. The summed E-state index contributed by atoms with van der Waals surface area (Å²) in [4.78, 5) is 23.2. The largest absolute Gasteiger partial charge is 0.351 e. The lowest BCUT2D eigenvalue weighted by molar-refractivity contribution is 0.0948. The summed E-state index contributed by atoms with van der Waals surface area (Å²) in [6.45, 7) is 2.41. The fourth-order valence-corrected chi connectivity index (χ4v) is 2.85. The molecule has 5 heteroatoms. The number of anilines is 2. The van der Waals surface area contributed by atoms with Gasteiger partial charge in [0.15, 0.2) is 0 Å². The minimum absolute atomic E-state index is 0.170. The van der Waals surface area contributed by atoms with Crippen LogP contribution < -0.4 is 10.2 Å². The van der Waals surface area contributed by atoms with Gasteiger partial charge in [0.05, 0.1) is 0 Å². The minimum Gasteiger partial charge on any atom is -0.351 e. The number of carbonyl (C=O) groups is 1. The molecular weight excluding hydrogens is 336 g/mol. The third kappa shape index (κ3) is 5.14. The summed E-state index contributed by atoms with van der Waals surface area (Å²) >= 11 is 0. The van der Waals surface area contributed by atoms with Crippen molar-refractivity contribution in [2.75, 3.05) is 18.5 Å². The van der Waals surface area contributed by atoms with E-state index in [0.29, 0.717) is 23.9 Å². The highest BCUT2D eigenvalue weighted by Gasteiger charge is 2.13. The van der Waals surface area contributed by atoms with Gasteiger partial charge in [0.2, 0.25) is 0 Å². The average molecular weight is 360 g/mol. The Kier molecular flexibility index (Phi) is 6.15. The van der Waals surface area contributed by atoms with Crippen molar-refractivity contribution in [3.8, 4) is 0 Å². The second-order valence-electron chi connectivity index (χ2n) is 6.40. The topological polar surface area (TPSA) is 58.1 Å². The molecule has 2 aromatic carbocycles. The van der Waals surface area contributed by atoms with Crippen molar-refractivity contribution < 1.29 is 4.79 Å². The number of para-hydroxylation sites is 1. The van der Waals surface area contributed by atoms with Crippen LogP contribution in [0.5, 0.6) is 0 Å². The molecule has 0 atom stereocenters. The first kappa shape index (κ1) is 18.6. The Hall–Kier alpha value is -3.21. The van der Waals surface area contributed by atoms with E-state index in [4.69, 9.17) is 0 Å². The molecule has 0 aliphatic carbocycles. The van der Waals surface area contributed by atoms with E-state index in [9.17, 15) is 4.79 Å². The number of aromatic nitrogens is 2. The van der Waals surface area contributed by atoms with Crippen molar-refractivity contribution in [3.05, 3.63) is 83.8 Å². The van der Waals surface area contributed by atoms with Crippen molar-refractivity contribution in [1.82, 2.24) is 15.3 Å². The van der Waals surface area contributed by atoms with Crippen LogP contribution in [0.3, 0.4) is 0 Å². The Balaban J connectivity index is 1.62. The third-order valence-electron chi connectivity index (χ3n) is 4.31. The van der Waals surface area contributed by atoms with Crippen LogP contribution in [0, 0.1) is 6.92 Å². The Bertz CT molecular complexity index is 881. The van der Waals surface area contributed by atoms with E-state index in [2.05, 4.69) is 27.4 Å². The summed E-state index contributed by atoms with van der Waals surface area (Å²) in [6.07, 6.45) is 1.82. The lowest BCUT2D eigenvalue weighted by atomic mass is 10.1. The van der Waals surface area contributed by atoms with E-state index in [1.807, 2.05) is 60.5 Å². The molecular formula is C22H24N4O. The van der Waals surface area contributed by atoms with Gasteiger partial charge in [0, 0.05) is 25.3 Å². The Morgan fingerprint density at radius 1 is 1.00 bits per heavy atom. The zero-order chi connectivity index (χ0) is 19.1. The van der Waals surface area contributed by atoms with Crippen molar-refractivity contribution in [1.29, 1.82) is 0 Å². The average Bonchev–Trinajstić information content (AvgIpc) is 2.71. The molecule has 0 saturated heterocycles. The van der Waals surface area contributed by atoms with Gasteiger partial charge in [0.1, 0.15) is 17.3 Å². The number of benzene rings is 2. The van der Waals surface area contributed by atoms with Gasteiger partial charge in [-0.2, -0.15) is 0 Å². The maximum absolute atomic E-state index is 12.5. The molecule has 0 spiro atoms. The standard InChI is InChI=1S/C22H24N4O/c1-17-24-20(16-21(25-17)26(2)19-13-7-4-8-14-19)22(27)23-15-9-12-18-10-5-3-6-11-18/h3-8,10-11,13-14,16H,9,12,15H2,1-2H3,(H,23,27). The number of nitrogens with zero attached hydrogens (tertiary/aromatic N) is 3. The van der Waals surface area contributed by atoms with Gasteiger partial charge in [-0.25, -0.2) is 9.97 Å². The highest BCUT2D eigenvalue weighted by atomic mass is 16.1. The normalized spacial score (nSPS) is 10.4. The first-order valence-electron chi connectivity index (χ1n) is 9.10. The van der Waals surface area contributed by atoms with Crippen LogP contribution in [0.4, 0.5) is 11.5 Å². The summed E-state index contributed by atoms with van der Waals surface area (Å²) in [6, 6.07) is 21.9. The van der Waals surface area contributed by atoms with E-state index in [1.54, 1.807) is 13.0 Å². The highest BCUT2D eigenvalue weighted by molar-refractivity contribution is 5.93. The van der Waals surface area contributed by atoms with Gasteiger partial charge in [0.25, 0.3) is 5.91 Å². The summed E-state index contributed by atoms with van der Waals surface area (Å²) in [5.41, 5.74) is 2.67. The predicted molar refractivity (Wildman–Crippen MR) is 108 cm³/mol. The summed E-state index contributed by atoms with van der Waals surface area (Å²) < 4.78 is 0. The molecule has 138 valence electrons. The fourth-order valence-electron chi connectivity index (χ4n) is 2.85. The van der Waals surface area contributed by atoms with Gasteiger partial charge in [-0.3, -0.25) is 4.79 Å². The molecule has 0 fully saturated rings. The summed E-state index contributed by atoms with van der Waals surface area (Å²) in [7, 11) is 1.93. The molecule has 27 heavy (non-hydrogen) atoms. The second-order valence-corrected chi connectivity index (χ2v) is 6.40. The molecule has 0 radical (unpaired) electrons. The van der Waals surface area contributed by atoms with E-state index in [0.717, 1.165) is 18.5 Å². The van der Waals surface area contributed by atoms with Crippen molar-refractivity contribution in [3.63, 3.8) is 0 Å². The molecule has 0 aliphatic heterocycles. The fraction of sp³-hybridized carbons (Fsp3) is 0.227. The number of rotatable bonds is 7. The Labute approximate surface area is 160 Å². The molecule has 1 amide bonds. The van der Waals surface area contributed by atoms with Crippen molar-refractivity contribution in [2.45, 2.75) is 19.8 Å². The van der Waals surface area contributed by atoms with Crippen LogP contribution in [-0.2, 0) is 6.42 Å². The highest BCUT2D eigenvalue weighted by Crippen LogP contribution is 2.21. The summed E-state index contributed by atoms with van der Waals surface area (Å²) in [5, 5.41) is 2.95. The smallest absolute Gasteiger partial charge is 0.270 e. The molecule has 0 saturated carbocycles. The SMILES string of the molecule is Cc1nc(C(=O)NCCCc2ccccc2)cc(N(C)c2ccccc2)n1. The number of nitrogens with one attached hydrogen (secondary N) is 1. The molecule has 0 bridgehead atoms. The van der Waals surface area contributed by atoms with Gasteiger partial charge in [-0.05, 0) is 37.5 Å². The Morgan fingerprint density at radius 3 is 2.37 bits per heavy atom. The first-order chi connectivity index (χ1) is 13.1. The molecule has 5 nitrogen and oxygen atoms in total. The van der Waals surface area contributed by atoms with Gasteiger partial charge >= 0.3 is 0 Å². The number of hydrogen-bond acceptors (Lipinski definition) is 4. The number of hydrogen-bond donors (Lipinski definition) is 1. The molecule has 3 rings (SSSR count). The molecule has 1 N–H and O–H groups in total. The molecule has 1 aromatic heterocycles. The van der Waals surface area contributed by atoms with Crippen molar-refractivity contribution >= 4 is 17.4 Å². The van der Waals surface area contributed by atoms with Gasteiger partial charge < -0.3 is 10.2 Å². The molecule has 0 unspecified atom stereocenters. The second kappa shape index (κ2) is 8.94. The van der Waals surface area contributed by atoms with Crippen LogP contribution in [0.1, 0.15) is 28.3 Å². The first-order valence-corrected chi connectivity index (χ1v) is 9.10. The van der Waals surface area contributed by atoms with Crippen LogP contribution in [0.2, 0.25) is 0 Å². The number of carbonyl (C=O) groups excluding carboxylic acids is 1. The van der Waals surface area contributed by atoms with Gasteiger partial charge in [-0.15, -0.1) is 0 Å². The van der Waals surface area contributed by atoms with Crippen molar-refractivity contribution in [2.24, 2.45) is 0 Å². The summed E-state index contributed by atoms with van der Waals surface area (Å²) in [5.74, 6) is 1.10. The minimum atomic E-state index is -0.170. The van der Waals surface area contributed by atoms with E-state index < -0.39 is 0 Å². The zero-order valence-corrected chi connectivity index (χ0v) is 15.7. The third-order valence-corrected chi connectivity index (χ3v) is 4.31.